The van der Waals surface area contributed by atoms with E-state index in [2.05, 4.69) is 34.6 Å². The zero-order valence-corrected chi connectivity index (χ0v) is 25.3. The maximum absolute atomic E-state index is 13.5. The van der Waals surface area contributed by atoms with Crippen LogP contribution in [0.4, 0.5) is 5.69 Å². The molecule has 0 unspecified atom stereocenters. The first-order chi connectivity index (χ1) is 19.8. The Hall–Kier alpha value is -2.83. The molecule has 3 N–H and O–H groups in total. The van der Waals surface area contributed by atoms with E-state index in [0.717, 1.165) is 43.4 Å². The molecular formula is C30H34N3O5S3+. The zero-order valence-electron chi connectivity index (χ0n) is 22.8. The Morgan fingerprint density at radius 3 is 2.61 bits per heavy atom. The first kappa shape index (κ1) is 28.3. The van der Waals surface area contributed by atoms with E-state index in [4.69, 9.17) is 9.47 Å². The molecule has 2 aliphatic rings. The molecule has 11 heteroatoms. The van der Waals surface area contributed by atoms with Crippen LogP contribution in [0.15, 0.2) is 76.3 Å². The number of thioether (sulfide) groups is 1. The van der Waals surface area contributed by atoms with Crippen LogP contribution in [-0.4, -0.2) is 61.4 Å². The molecule has 6 rings (SSSR count). The molecule has 41 heavy (non-hydrogen) atoms. The number of benzene rings is 2. The lowest BCUT2D eigenvalue weighted by Gasteiger charge is -2.41. The van der Waals surface area contributed by atoms with E-state index in [0.29, 0.717) is 30.0 Å². The van der Waals surface area contributed by atoms with Crippen molar-refractivity contribution < 1.29 is 22.7 Å². The number of amides is 1. The summed E-state index contributed by atoms with van der Waals surface area (Å²) in [7, 11) is -2.18. The van der Waals surface area contributed by atoms with Crippen LogP contribution < -0.4 is 9.62 Å². The Morgan fingerprint density at radius 2 is 1.90 bits per heavy atom. The highest BCUT2D eigenvalue weighted by Crippen LogP contribution is 2.46. The molecule has 0 radical (unpaired) electrons. The van der Waals surface area contributed by atoms with Crippen LogP contribution in [-0.2, 0) is 20.5 Å². The van der Waals surface area contributed by atoms with Gasteiger partial charge in [0.25, 0.3) is 21.7 Å². The van der Waals surface area contributed by atoms with Gasteiger partial charge in [0.1, 0.15) is 16.5 Å². The highest BCUT2D eigenvalue weighted by atomic mass is 32.2. The average Bonchev–Trinajstić information content (AvgIpc) is 3.78. The fourth-order valence-corrected chi connectivity index (χ4v) is 9.35. The normalized spacial score (nSPS) is 22.8. The number of sulfonamides is 1. The molecule has 2 aromatic heterocycles. The van der Waals surface area contributed by atoms with E-state index in [1.165, 1.54) is 28.3 Å². The molecule has 0 bridgehead atoms. The number of H-pyrrole nitrogens is 1. The number of anilines is 1. The number of hydrogen-bond acceptors (Lipinski definition) is 6. The van der Waals surface area contributed by atoms with Gasteiger partial charge < -0.3 is 19.8 Å². The molecule has 216 valence electrons. The summed E-state index contributed by atoms with van der Waals surface area (Å²) < 4.78 is 38.5. The lowest BCUT2D eigenvalue weighted by atomic mass is 9.84. The van der Waals surface area contributed by atoms with Crippen molar-refractivity contribution in [1.29, 1.82) is 0 Å². The molecule has 1 saturated heterocycles. The van der Waals surface area contributed by atoms with Crippen molar-refractivity contribution in [3.05, 3.63) is 83.4 Å². The third kappa shape index (κ3) is 5.78. The number of para-hydroxylation sites is 1. The van der Waals surface area contributed by atoms with E-state index in [9.17, 15) is 13.2 Å². The number of aliphatic hydroxyl groups is 2. The Morgan fingerprint density at radius 1 is 1.10 bits per heavy atom. The molecule has 2 fully saturated rings. The minimum Gasteiger partial charge on any atom is -0.406 e. The number of hydrogen-bond donors (Lipinski definition) is 2. The molecule has 1 aliphatic carbocycles. The minimum absolute atomic E-state index is 0.135. The summed E-state index contributed by atoms with van der Waals surface area (Å²) in [5.74, 6) is 0.296. The fourth-order valence-electron chi connectivity index (χ4n) is 5.65. The van der Waals surface area contributed by atoms with E-state index in [1.807, 2.05) is 23.9 Å². The standard InChI is InChI=1S/C30H33N3O5S3/c1-33(41(35,36)26-11-6-18-39-26)25-10-5-9-23-19-24(32-27(23)25)28(34)31-21-29(40-20-22-7-3-2-4-8-22)12-14-30(15-13-29)37-16-17-38-30/h2-11,18-19,32H,12-17,20-21H2,1H3,(H,31,34)/p+1. The van der Waals surface area contributed by atoms with E-state index >= 15 is 0 Å². The quantitative estimate of drug-likeness (QED) is 0.250. The number of carbonyl (C=O) groups excluding carboxylic acids is 1. The molecule has 1 aliphatic heterocycles. The van der Waals surface area contributed by atoms with Crippen molar-refractivity contribution in [2.75, 3.05) is 31.1 Å². The number of nitrogens with zero attached hydrogens (tertiary/aromatic N) is 1. The number of aromatic amines is 1. The van der Waals surface area contributed by atoms with Crippen molar-refractivity contribution in [3.8, 4) is 0 Å². The van der Waals surface area contributed by atoms with Gasteiger partial charge in [-0.3, -0.25) is 9.10 Å². The van der Waals surface area contributed by atoms with Gasteiger partial charge >= 0.3 is 0 Å². The van der Waals surface area contributed by atoms with Gasteiger partial charge in [0.2, 0.25) is 0 Å². The van der Waals surface area contributed by atoms with Crippen LogP contribution in [0.3, 0.4) is 0 Å². The van der Waals surface area contributed by atoms with Gasteiger partial charge in [-0.15, -0.1) is 23.1 Å². The monoisotopic (exact) mass is 612 g/mol. The highest BCUT2D eigenvalue weighted by Gasteiger charge is 2.50. The van der Waals surface area contributed by atoms with Gasteiger partial charge in [-0.25, -0.2) is 8.42 Å². The molecule has 4 aromatic rings. The van der Waals surface area contributed by atoms with Crippen LogP contribution in [0, 0.1) is 0 Å². The molecule has 1 saturated carbocycles. The average molecular weight is 613 g/mol. The van der Waals surface area contributed by atoms with Crippen LogP contribution in [0.5, 0.6) is 0 Å². The number of aromatic nitrogens is 1. The van der Waals surface area contributed by atoms with Gasteiger partial charge in [0.05, 0.1) is 24.0 Å². The summed E-state index contributed by atoms with van der Waals surface area (Å²) in [5.41, 5.74) is 2.75. The van der Waals surface area contributed by atoms with Crippen LogP contribution in [0.25, 0.3) is 10.9 Å². The number of nitrogens with one attached hydrogen (secondary N) is 2. The largest absolute Gasteiger partial charge is 0.406 e. The molecule has 0 atom stereocenters. The summed E-state index contributed by atoms with van der Waals surface area (Å²) in [6, 6.07) is 20.9. The molecule has 1 amide bonds. The molecule has 1 spiro atoms. The summed E-state index contributed by atoms with van der Waals surface area (Å²) in [6.07, 6.45) is 3.50. The van der Waals surface area contributed by atoms with Crippen molar-refractivity contribution >= 4 is 55.6 Å². The Bertz CT molecular complexity index is 1600. The van der Waals surface area contributed by atoms with E-state index in [-0.39, 0.29) is 20.7 Å². The van der Waals surface area contributed by atoms with Gasteiger partial charge in [0.15, 0.2) is 6.61 Å². The van der Waals surface area contributed by atoms with Crippen molar-refractivity contribution in [1.82, 2.24) is 10.3 Å². The third-order valence-corrected chi connectivity index (χ3v) is 12.9. The number of ether oxygens (including phenoxy) is 2. The summed E-state index contributed by atoms with van der Waals surface area (Å²) >= 11 is 3.07. The van der Waals surface area contributed by atoms with Gasteiger partial charge in [-0.2, -0.15) is 0 Å². The third-order valence-electron chi connectivity index (χ3n) is 8.09. The molecule has 2 aromatic carbocycles. The predicted molar refractivity (Wildman–Crippen MR) is 165 cm³/mol. The number of thiophene rings is 1. The van der Waals surface area contributed by atoms with Gasteiger partial charge in [-0.05, 0) is 42.0 Å². The lowest BCUT2D eigenvalue weighted by Crippen LogP contribution is -2.49. The molecule has 8 nitrogen and oxygen atoms in total. The van der Waals surface area contributed by atoms with Gasteiger partial charge in [0, 0.05) is 29.5 Å². The Labute approximate surface area is 248 Å². The Balaban J connectivity index is 1.20. The predicted octanol–water partition coefficient (Wildman–Crippen LogP) is 5.29. The first-order valence-corrected chi connectivity index (χ1v) is 17.0. The second-order valence-corrected chi connectivity index (χ2v) is 15.2. The van der Waals surface area contributed by atoms with E-state index in [1.54, 1.807) is 35.7 Å². The molecular weight excluding hydrogens is 579 g/mol. The zero-order chi connectivity index (χ0) is 28.5. The van der Waals surface area contributed by atoms with Crippen LogP contribution in [0.2, 0.25) is 0 Å². The number of carbonyl (C=O) groups is 1. The first-order valence-electron chi connectivity index (χ1n) is 13.7. The van der Waals surface area contributed by atoms with Crippen LogP contribution in [0.1, 0.15) is 41.7 Å². The fraction of sp³-hybridized carbons (Fsp3) is 0.367. The van der Waals surface area contributed by atoms with Crippen molar-refractivity contribution in [2.45, 2.75) is 46.2 Å². The van der Waals surface area contributed by atoms with E-state index < -0.39 is 10.0 Å². The maximum atomic E-state index is 13.5. The maximum Gasteiger partial charge on any atom is 0.274 e. The second kappa shape index (κ2) is 11.4. The lowest BCUT2D eigenvalue weighted by molar-refractivity contribution is -0.264. The molecule has 3 heterocycles. The smallest absolute Gasteiger partial charge is 0.274 e. The number of fused-ring (bicyclic) bond motifs is 1. The van der Waals surface area contributed by atoms with Crippen molar-refractivity contribution in [2.24, 2.45) is 0 Å². The topological polar surface area (TPSA) is 104 Å². The van der Waals surface area contributed by atoms with Gasteiger partial charge in [-0.1, -0.05) is 48.5 Å². The SMILES string of the molecule is CN(c1cccc2cc(C(=O)NCC3(SCc4ccccc4)CCC4(CC3)OCC[OH+]4)[nH]c12)S(=O)(=O)c1cccs1. The minimum atomic E-state index is -3.71. The summed E-state index contributed by atoms with van der Waals surface area (Å²) in [5, 5.41) is 5.71. The summed E-state index contributed by atoms with van der Waals surface area (Å²) in [4.78, 5) is 16.7. The summed E-state index contributed by atoms with van der Waals surface area (Å²) in [6.45, 7) is 1.97. The Kier molecular flexibility index (Phi) is 7.90. The highest BCUT2D eigenvalue weighted by molar-refractivity contribution is 7.99. The second-order valence-electron chi connectivity index (χ2n) is 10.6. The van der Waals surface area contributed by atoms with Crippen LogP contribution >= 0.6 is 23.1 Å². The number of rotatable bonds is 9. The van der Waals surface area contributed by atoms with Crippen molar-refractivity contribution in [3.63, 3.8) is 0 Å².